The predicted octanol–water partition coefficient (Wildman–Crippen LogP) is -2.19. The molecule has 19 heavy (non-hydrogen) atoms. The van der Waals surface area contributed by atoms with Crippen LogP contribution in [0.3, 0.4) is 0 Å². The third-order valence-corrected chi connectivity index (χ3v) is 16.7. The van der Waals surface area contributed by atoms with Gasteiger partial charge in [0.1, 0.15) is 0 Å². The number of hydrogen-bond acceptors (Lipinski definition) is 0. The van der Waals surface area contributed by atoms with Crippen LogP contribution in [0.15, 0.2) is 50.8 Å². The molecule has 0 heterocycles. The Morgan fingerprint density at radius 1 is 1.00 bits per heavy atom. The molecule has 0 unspecified atom stereocenters. The van der Waals surface area contributed by atoms with Crippen molar-refractivity contribution in [3.63, 3.8) is 0 Å². The maximum atomic E-state index is 2.56. The Balaban J connectivity index is 0.00000162. The van der Waals surface area contributed by atoms with E-state index in [0.717, 1.165) is 0 Å². The average molecular weight is 391 g/mol. The van der Waals surface area contributed by atoms with Gasteiger partial charge >= 0.3 is 117 Å². The molecule has 2 rings (SSSR count). The summed E-state index contributed by atoms with van der Waals surface area (Å²) < 4.78 is 1.84. The fourth-order valence-electron chi connectivity index (χ4n) is 2.25. The average Bonchev–Trinajstić information content (AvgIpc) is 2.62. The van der Waals surface area contributed by atoms with Crippen molar-refractivity contribution < 1.29 is 47.2 Å². The molecule has 0 bridgehead atoms. The molecule has 0 saturated carbocycles. The van der Waals surface area contributed by atoms with Crippen molar-refractivity contribution in [3.8, 4) is 0 Å². The van der Waals surface area contributed by atoms with Crippen LogP contribution in [0.5, 0.6) is 0 Å². The fraction of sp³-hybridized carbons (Fsp3) is 0.333. The summed E-state index contributed by atoms with van der Waals surface area (Å²) in [6.45, 7) is 9.70. The molecule has 0 spiro atoms. The maximum absolute atomic E-state index is 2.56. The number of hydrogen-bond donors (Lipinski definition) is 0. The number of benzene rings is 1. The summed E-state index contributed by atoms with van der Waals surface area (Å²) in [6.07, 6.45) is 3.67. The SMILES string of the molecule is CC1=CC[C]([Zr+2][Si](C)(C)c2ccccc2)=C1C.[Cl-].[Cl-]. The summed E-state index contributed by atoms with van der Waals surface area (Å²) >= 11 is -0.408. The van der Waals surface area contributed by atoms with E-state index in [2.05, 4.69) is 63.3 Å². The second kappa shape index (κ2) is 7.98. The van der Waals surface area contributed by atoms with Gasteiger partial charge in [0.15, 0.2) is 0 Å². The minimum atomic E-state index is -1.14. The Bertz CT molecular complexity index is 478. The summed E-state index contributed by atoms with van der Waals surface area (Å²) in [7, 11) is 0. The summed E-state index contributed by atoms with van der Waals surface area (Å²) in [4.78, 5) is 0. The summed E-state index contributed by atoms with van der Waals surface area (Å²) in [5.41, 5.74) is 3.15. The van der Waals surface area contributed by atoms with Gasteiger partial charge in [-0.3, -0.25) is 0 Å². The Morgan fingerprint density at radius 3 is 2.05 bits per heavy atom. The van der Waals surface area contributed by atoms with Crippen LogP contribution >= 0.6 is 0 Å². The van der Waals surface area contributed by atoms with E-state index in [1.54, 1.807) is 10.8 Å². The van der Waals surface area contributed by atoms with Crippen LogP contribution in [-0.2, 0) is 22.4 Å². The van der Waals surface area contributed by atoms with Crippen LogP contribution in [-0.4, -0.2) is 5.20 Å². The second-order valence-corrected chi connectivity index (χ2v) is 21.9. The van der Waals surface area contributed by atoms with E-state index in [4.69, 9.17) is 0 Å². The molecule has 1 aliphatic rings. The molecule has 0 radical (unpaired) electrons. The van der Waals surface area contributed by atoms with Gasteiger partial charge in [0, 0.05) is 0 Å². The van der Waals surface area contributed by atoms with E-state index in [1.165, 1.54) is 12.0 Å². The van der Waals surface area contributed by atoms with Gasteiger partial charge in [-0.2, -0.15) is 0 Å². The van der Waals surface area contributed by atoms with E-state index in [0.29, 0.717) is 0 Å². The maximum Gasteiger partial charge on any atom is -1.00 e. The van der Waals surface area contributed by atoms with E-state index in [-0.39, 0.29) is 24.8 Å². The molecule has 0 amide bonds. The monoisotopic (exact) mass is 388 g/mol. The smallest absolute Gasteiger partial charge is 1.00 e. The summed E-state index contributed by atoms with van der Waals surface area (Å²) in [6, 6.07) is 11.2. The zero-order valence-electron chi connectivity index (χ0n) is 11.9. The van der Waals surface area contributed by atoms with Crippen molar-refractivity contribution in [2.45, 2.75) is 33.4 Å². The molecule has 102 valence electrons. The standard InChI is InChI=1S/C8H11Si.C7H9.2ClH.Zr/c1-9(2)8-6-4-3-5-7-8;1-6-4-3-5-7(6)2;;;/h3-7H,1-2H3;4H,3H2,1-2H3;2*1H;/q;;;;+2/p-2. The molecular weight excluding hydrogens is 370 g/mol. The van der Waals surface area contributed by atoms with Crippen molar-refractivity contribution in [2.24, 2.45) is 0 Å². The largest absolute Gasteiger partial charge is 1.00 e. The van der Waals surface area contributed by atoms with E-state index < -0.39 is 27.6 Å². The molecular formula is C15H20Cl2SiZr. The first-order valence-electron chi connectivity index (χ1n) is 6.21. The molecule has 0 atom stereocenters. The number of rotatable bonds is 3. The molecule has 1 aromatic rings. The Morgan fingerprint density at radius 2 is 1.58 bits per heavy atom. The third kappa shape index (κ3) is 4.70. The zero-order chi connectivity index (χ0) is 12.5. The third-order valence-electron chi connectivity index (χ3n) is 3.62. The van der Waals surface area contributed by atoms with Crippen LogP contribution in [0.25, 0.3) is 0 Å². The second-order valence-electron chi connectivity index (χ2n) is 5.31. The van der Waals surface area contributed by atoms with Gasteiger partial charge in [-0.25, -0.2) is 0 Å². The predicted molar refractivity (Wildman–Crippen MR) is 74.6 cm³/mol. The van der Waals surface area contributed by atoms with Crippen LogP contribution in [0, 0.1) is 0 Å². The van der Waals surface area contributed by atoms with Crippen molar-refractivity contribution in [2.75, 3.05) is 0 Å². The number of halogens is 2. The van der Waals surface area contributed by atoms with Gasteiger partial charge in [0.05, 0.1) is 0 Å². The molecule has 0 nitrogen and oxygen atoms in total. The normalized spacial score (nSPS) is 14.2. The van der Waals surface area contributed by atoms with Crippen molar-refractivity contribution in [1.82, 2.24) is 0 Å². The Kier molecular flexibility index (Phi) is 8.14. The van der Waals surface area contributed by atoms with Crippen LogP contribution in [0.1, 0.15) is 20.3 Å². The van der Waals surface area contributed by atoms with Gasteiger partial charge in [0.25, 0.3) is 0 Å². The van der Waals surface area contributed by atoms with E-state index >= 15 is 0 Å². The fourth-order valence-corrected chi connectivity index (χ4v) is 15.2. The molecule has 4 heteroatoms. The molecule has 0 aliphatic heterocycles. The van der Waals surface area contributed by atoms with Crippen LogP contribution in [0.2, 0.25) is 13.1 Å². The Labute approximate surface area is 141 Å². The summed E-state index contributed by atoms with van der Waals surface area (Å²) in [5.74, 6) is 0. The molecule has 1 aliphatic carbocycles. The first kappa shape index (κ1) is 19.4. The van der Waals surface area contributed by atoms with Gasteiger partial charge in [-0.15, -0.1) is 0 Å². The topological polar surface area (TPSA) is 0 Å². The van der Waals surface area contributed by atoms with Gasteiger partial charge < -0.3 is 24.8 Å². The molecule has 0 saturated heterocycles. The number of allylic oxidation sites excluding steroid dienone is 4. The molecule has 0 aromatic heterocycles. The van der Waals surface area contributed by atoms with E-state index in [9.17, 15) is 0 Å². The quantitative estimate of drug-likeness (QED) is 0.515. The van der Waals surface area contributed by atoms with Crippen LogP contribution < -0.4 is 30.0 Å². The summed E-state index contributed by atoms with van der Waals surface area (Å²) in [5, 5.41) is 0.512. The first-order valence-corrected chi connectivity index (χ1v) is 14.1. The van der Waals surface area contributed by atoms with Gasteiger partial charge in [0.2, 0.25) is 0 Å². The van der Waals surface area contributed by atoms with Crippen molar-refractivity contribution in [3.05, 3.63) is 50.8 Å². The minimum Gasteiger partial charge on any atom is -1.00 e. The first-order chi connectivity index (χ1) is 8.00. The van der Waals surface area contributed by atoms with Crippen molar-refractivity contribution in [1.29, 1.82) is 0 Å². The molecule has 0 N–H and O–H groups in total. The molecule has 0 fully saturated rings. The van der Waals surface area contributed by atoms with E-state index in [1.807, 2.05) is 3.28 Å². The van der Waals surface area contributed by atoms with Crippen LogP contribution in [0.4, 0.5) is 0 Å². The minimum absolute atomic E-state index is 0. The van der Waals surface area contributed by atoms with Gasteiger partial charge in [-0.05, 0) is 0 Å². The van der Waals surface area contributed by atoms with Crippen molar-refractivity contribution >= 4 is 10.4 Å². The Hall–Kier alpha value is 0.380. The molecule has 1 aromatic carbocycles. The van der Waals surface area contributed by atoms with Gasteiger partial charge in [-0.1, -0.05) is 0 Å². The zero-order valence-corrected chi connectivity index (χ0v) is 16.9.